The molecule has 0 saturated carbocycles. The molecule has 0 aliphatic carbocycles. The second-order valence-electron chi connectivity index (χ2n) is 5.61. The fourth-order valence-electron chi connectivity index (χ4n) is 2.82. The van der Waals surface area contributed by atoms with Crippen LogP contribution in [0.5, 0.6) is 0 Å². The second kappa shape index (κ2) is 5.71. The maximum atomic E-state index is 11.4. The molecule has 3 rings (SSSR count). The first-order valence-electron chi connectivity index (χ1n) is 7.26. The van der Waals surface area contributed by atoms with Crippen LogP contribution >= 0.6 is 0 Å². The highest BCUT2D eigenvalue weighted by Crippen LogP contribution is 2.31. The molecule has 0 spiro atoms. The molecule has 0 aromatic heterocycles. The molecule has 4 N–H and O–H groups in total. The lowest BCUT2D eigenvalue weighted by molar-refractivity contribution is -0.116. The molecular weight excluding hydrogens is 254 g/mol. The highest BCUT2D eigenvalue weighted by molar-refractivity contribution is 5.95. The summed E-state index contributed by atoms with van der Waals surface area (Å²) in [7, 11) is 0. The number of fused-ring (bicyclic) bond motifs is 1. The van der Waals surface area contributed by atoms with Gasteiger partial charge in [-0.2, -0.15) is 0 Å². The van der Waals surface area contributed by atoms with E-state index in [2.05, 4.69) is 16.7 Å². The van der Waals surface area contributed by atoms with Gasteiger partial charge >= 0.3 is 0 Å². The summed E-state index contributed by atoms with van der Waals surface area (Å²) in [5, 5.41) is 6.29. The Bertz CT molecular complexity index is 510. The Morgan fingerprint density at radius 3 is 3.10 bits per heavy atom. The molecule has 1 amide bonds. The van der Waals surface area contributed by atoms with Crippen molar-refractivity contribution in [3.63, 3.8) is 0 Å². The van der Waals surface area contributed by atoms with E-state index in [1.807, 2.05) is 6.07 Å². The molecule has 1 aromatic carbocycles. The molecule has 1 saturated heterocycles. The van der Waals surface area contributed by atoms with Gasteiger partial charge in [0.1, 0.15) is 0 Å². The highest BCUT2D eigenvalue weighted by Gasteiger charge is 2.18. The van der Waals surface area contributed by atoms with Crippen molar-refractivity contribution in [3.05, 3.63) is 17.7 Å². The zero-order valence-corrected chi connectivity index (χ0v) is 11.6. The average Bonchev–Trinajstić information content (AvgIpc) is 2.46. The van der Waals surface area contributed by atoms with Crippen LogP contribution < -0.4 is 16.4 Å². The van der Waals surface area contributed by atoms with Crippen LogP contribution in [0.15, 0.2) is 12.1 Å². The molecule has 1 unspecified atom stereocenters. The van der Waals surface area contributed by atoms with E-state index in [0.29, 0.717) is 18.0 Å². The van der Waals surface area contributed by atoms with Crippen molar-refractivity contribution < 1.29 is 9.53 Å². The van der Waals surface area contributed by atoms with Crippen LogP contribution in [0.2, 0.25) is 0 Å². The first kappa shape index (κ1) is 13.2. The van der Waals surface area contributed by atoms with Crippen molar-refractivity contribution in [2.45, 2.75) is 25.7 Å². The molecule has 20 heavy (non-hydrogen) atoms. The number of rotatable bonds is 3. The average molecular weight is 275 g/mol. The van der Waals surface area contributed by atoms with Gasteiger partial charge in [0.2, 0.25) is 5.91 Å². The molecule has 0 radical (unpaired) electrons. The van der Waals surface area contributed by atoms with Gasteiger partial charge in [0.25, 0.3) is 0 Å². The molecule has 108 valence electrons. The summed E-state index contributed by atoms with van der Waals surface area (Å²) in [4.78, 5) is 11.4. The predicted molar refractivity (Wildman–Crippen MR) is 79.8 cm³/mol. The minimum atomic E-state index is 0.0666. The maximum absolute atomic E-state index is 11.4. The molecule has 1 fully saturated rings. The summed E-state index contributed by atoms with van der Waals surface area (Å²) in [5.74, 6) is 0.621. The third-order valence-electron chi connectivity index (χ3n) is 4.01. The van der Waals surface area contributed by atoms with Gasteiger partial charge in [-0.1, -0.05) is 0 Å². The van der Waals surface area contributed by atoms with Gasteiger partial charge in [0, 0.05) is 25.3 Å². The number of carbonyl (C=O) groups excluding carboxylic acids is 1. The Kier molecular flexibility index (Phi) is 3.78. The van der Waals surface area contributed by atoms with E-state index in [0.717, 1.165) is 49.5 Å². The number of anilines is 3. The summed E-state index contributed by atoms with van der Waals surface area (Å²) < 4.78 is 5.48. The van der Waals surface area contributed by atoms with Crippen molar-refractivity contribution in [1.82, 2.24) is 0 Å². The van der Waals surface area contributed by atoms with E-state index in [-0.39, 0.29) is 5.91 Å². The lowest BCUT2D eigenvalue weighted by Crippen LogP contribution is -2.25. The summed E-state index contributed by atoms with van der Waals surface area (Å²) in [6.07, 6.45) is 3.67. The number of ether oxygens (including phenoxy) is 1. The van der Waals surface area contributed by atoms with Crippen LogP contribution in [0.4, 0.5) is 17.1 Å². The largest absolute Gasteiger partial charge is 0.397 e. The first-order valence-corrected chi connectivity index (χ1v) is 7.26. The van der Waals surface area contributed by atoms with E-state index in [4.69, 9.17) is 10.5 Å². The van der Waals surface area contributed by atoms with Crippen LogP contribution in [-0.2, 0) is 16.0 Å². The quantitative estimate of drug-likeness (QED) is 0.737. The van der Waals surface area contributed by atoms with E-state index in [1.54, 1.807) is 0 Å². The molecule has 5 heteroatoms. The number of nitrogen functional groups attached to an aromatic ring is 1. The second-order valence-corrected chi connectivity index (χ2v) is 5.61. The number of amides is 1. The molecule has 2 aliphatic heterocycles. The van der Waals surface area contributed by atoms with Gasteiger partial charge < -0.3 is 21.1 Å². The minimum Gasteiger partial charge on any atom is -0.397 e. The maximum Gasteiger partial charge on any atom is 0.224 e. The molecule has 5 nitrogen and oxygen atoms in total. The van der Waals surface area contributed by atoms with Gasteiger partial charge in [0.15, 0.2) is 0 Å². The van der Waals surface area contributed by atoms with E-state index in [9.17, 15) is 4.79 Å². The highest BCUT2D eigenvalue weighted by atomic mass is 16.5. The van der Waals surface area contributed by atoms with Gasteiger partial charge in [-0.05, 0) is 42.9 Å². The molecule has 1 aromatic rings. The lowest BCUT2D eigenvalue weighted by atomic mass is 10.00. The molecule has 0 bridgehead atoms. The van der Waals surface area contributed by atoms with Crippen molar-refractivity contribution in [2.75, 3.05) is 36.1 Å². The van der Waals surface area contributed by atoms with Crippen LogP contribution in [0.25, 0.3) is 0 Å². The topological polar surface area (TPSA) is 76.4 Å². The van der Waals surface area contributed by atoms with E-state index >= 15 is 0 Å². The number of carbonyl (C=O) groups is 1. The number of nitrogens with two attached hydrogens (primary N) is 1. The Morgan fingerprint density at radius 1 is 1.40 bits per heavy atom. The van der Waals surface area contributed by atoms with Crippen molar-refractivity contribution in [2.24, 2.45) is 5.92 Å². The van der Waals surface area contributed by atoms with Crippen LogP contribution in [0.3, 0.4) is 0 Å². The summed E-state index contributed by atoms with van der Waals surface area (Å²) in [6.45, 7) is 2.60. The van der Waals surface area contributed by atoms with E-state index in [1.165, 1.54) is 6.42 Å². The molecular formula is C15H21N3O2. The number of benzene rings is 1. The molecule has 1 atom stereocenters. The third-order valence-corrected chi connectivity index (χ3v) is 4.01. The minimum absolute atomic E-state index is 0.0666. The molecule has 2 aliphatic rings. The van der Waals surface area contributed by atoms with Crippen LogP contribution in [0.1, 0.15) is 24.8 Å². The van der Waals surface area contributed by atoms with Gasteiger partial charge in [0.05, 0.1) is 18.0 Å². The number of hydrogen-bond acceptors (Lipinski definition) is 4. The number of nitrogens with one attached hydrogen (secondary N) is 2. The summed E-state index contributed by atoms with van der Waals surface area (Å²) in [5.41, 5.74) is 9.71. The van der Waals surface area contributed by atoms with Crippen LogP contribution in [0, 0.1) is 5.92 Å². The van der Waals surface area contributed by atoms with Crippen molar-refractivity contribution in [3.8, 4) is 0 Å². The van der Waals surface area contributed by atoms with Crippen LogP contribution in [-0.4, -0.2) is 25.7 Å². The van der Waals surface area contributed by atoms with Gasteiger partial charge in [-0.25, -0.2) is 0 Å². The van der Waals surface area contributed by atoms with E-state index < -0.39 is 0 Å². The third kappa shape index (κ3) is 2.88. The van der Waals surface area contributed by atoms with Gasteiger partial charge in [-0.3, -0.25) is 4.79 Å². The lowest BCUT2D eigenvalue weighted by Gasteiger charge is -2.24. The zero-order chi connectivity index (χ0) is 13.9. The van der Waals surface area contributed by atoms with Crippen molar-refractivity contribution in [1.29, 1.82) is 0 Å². The smallest absolute Gasteiger partial charge is 0.224 e. The standard InChI is InChI=1S/C15H21N3O2/c16-12-7-13-11(3-4-15(19)18-13)6-14(12)17-8-10-2-1-5-20-9-10/h6-7,10,17H,1-5,8-9,16H2,(H,18,19). The predicted octanol–water partition coefficient (Wildman–Crippen LogP) is 1.99. The fourth-order valence-corrected chi connectivity index (χ4v) is 2.82. The van der Waals surface area contributed by atoms with Gasteiger partial charge in [-0.15, -0.1) is 0 Å². The zero-order valence-electron chi connectivity index (χ0n) is 11.6. The fraction of sp³-hybridized carbons (Fsp3) is 0.533. The Balaban J connectivity index is 1.68. The number of hydrogen-bond donors (Lipinski definition) is 3. The Morgan fingerprint density at radius 2 is 2.30 bits per heavy atom. The number of aryl methyl sites for hydroxylation is 1. The Labute approximate surface area is 118 Å². The first-order chi connectivity index (χ1) is 9.72. The molecule has 2 heterocycles. The Hall–Kier alpha value is -1.75. The van der Waals surface area contributed by atoms with Crippen molar-refractivity contribution >= 4 is 23.0 Å². The SMILES string of the molecule is Nc1cc2c(cc1NCC1CCCOC1)CCC(=O)N2. The summed E-state index contributed by atoms with van der Waals surface area (Å²) >= 11 is 0. The normalized spacial score (nSPS) is 22.0. The monoisotopic (exact) mass is 275 g/mol. The summed E-state index contributed by atoms with van der Waals surface area (Å²) in [6, 6.07) is 3.92.